The van der Waals surface area contributed by atoms with E-state index in [1.54, 1.807) is 24.3 Å². The largest absolute Gasteiger partial charge is 0.504 e. The number of ether oxygens (including phenoxy) is 1. The van der Waals surface area contributed by atoms with Crippen LogP contribution in [-0.2, 0) is 0 Å². The van der Waals surface area contributed by atoms with Crippen LogP contribution in [0.15, 0.2) is 42.5 Å². The van der Waals surface area contributed by atoms with Gasteiger partial charge in [-0.3, -0.25) is 9.59 Å². The molecule has 2 aromatic carbocycles. The van der Waals surface area contributed by atoms with Crippen molar-refractivity contribution < 1.29 is 19.4 Å². The van der Waals surface area contributed by atoms with E-state index in [9.17, 15) is 14.7 Å². The minimum absolute atomic E-state index is 0.121. The van der Waals surface area contributed by atoms with Gasteiger partial charge in [-0.05, 0) is 30.3 Å². The molecule has 1 amide bonds. The highest BCUT2D eigenvalue weighted by Crippen LogP contribution is 2.26. The Labute approximate surface area is 115 Å². The Morgan fingerprint density at radius 2 is 2.00 bits per heavy atom. The van der Waals surface area contributed by atoms with E-state index in [2.05, 4.69) is 5.32 Å². The number of nitrogens with one attached hydrogen (secondary N) is 1. The zero-order chi connectivity index (χ0) is 14.5. The molecule has 0 spiro atoms. The van der Waals surface area contributed by atoms with Crippen molar-refractivity contribution in [3.63, 3.8) is 0 Å². The average molecular weight is 271 g/mol. The molecule has 0 aliphatic carbocycles. The molecule has 0 unspecified atom stereocenters. The van der Waals surface area contributed by atoms with Crippen LogP contribution < -0.4 is 10.1 Å². The van der Waals surface area contributed by atoms with Crippen molar-refractivity contribution in [2.45, 2.75) is 0 Å². The van der Waals surface area contributed by atoms with Gasteiger partial charge in [-0.25, -0.2) is 0 Å². The summed E-state index contributed by atoms with van der Waals surface area (Å²) in [5, 5.41) is 12.3. The van der Waals surface area contributed by atoms with E-state index < -0.39 is 5.91 Å². The summed E-state index contributed by atoms with van der Waals surface area (Å²) in [5.74, 6) is -0.254. The zero-order valence-electron chi connectivity index (χ0n) is 10.8. The van der Waals surface area contributed by atoms with Crippen molar-refractivity contribution in [1.82, 2.24) is 0 Å². The lowest BCUT2D eigenvalue weighted by Crippen LogP contribution is -2.13. The summed E-state index contributed by atoms with van der Waals surface area (Å²) >= 11 is 0. The van der Waals surface area contributed by atoms with Crippen LogP contribution in [0.3, 0.4) is 0 Å². The number of aldehydes is 1. The normalized spacial score (nSPS) is 9.85. The molecule has 0 atom stereocenters. The van der Waals surface area contributed by atoms with Gasteiger partial charge in [0.1, 0.15) is 0 Å². The molecule has 0 bridgehead atoms. The first-order valence-electron chi connectivity index (χ1n) is 5.88. The molecule has 0 fully saturated rings. The van der Waals surface area contributed by atoms with E-state index in [0.29, 0.717) is 17.5 Å². The molecule has 0 heterocycles. The van der Waals surface area contributed by atoms with Crippen LogP contribution in [0, 0.1) is 0 Å². The van der Waals surface area contributed by atoms with Crippen LogP contribution in [0.2, 0.25) is 0 Å². The Morgan fingerprint density at radius 1 is 1.25 bits per heavy atom. The van der Waals surface area contributed by atoms with Gasteiger partial charge >= 0.3 is 0 Å². The predicted molar refractivity (Wildman–Crippen MR) is 74.4 cm³/mol. The van der Waals surface area contributed by atoms with E-state index in [0.717, 1.165) is 0 Å². The van der Waals surface area contributed by atoms with Crippen LogP contribution in [0.1, 0.15) is 20.7 Å². The van der Waals surface area contributed by atoms with Crippen molar-refractivity contribution in [2.75, 3.05) is 12.4 Å². The molecule has 2 N–H and O–H groups in total. The summed E-state index contributed by atoms with van der Waals surface area (Å²) in [6.45, 7) is 0. The van der Waals surface area contributed by atoms with Gasteiger partial charge in [-0.2, -0.15) is 0 Å². The van der Waals surface area contributed by atoms with Crippen molar-refractivity contribution in [2.24, 2.45) is 0 Å². The maximum atomic E-state index is 12.1. The fourth-order valence-corrected chi connectivity index (χ4v) is 1.74. The lowest BCUT2D eigenvalue weighted by atomic mass is 10.1. The number of phenolic OH excluding ortho intramolecular Hbond substituents is 1. The minimum Gasteiger partial charge on any atom is -0.504 e. The van der Waals surface area contributed by atoms with E-state index in [4.69, 9.17) is 4.74 Å². The van der Waals surface area contributed by atoms with Crippen LogP contribution in [-0.4, -0.2) is 24.4 Å². The molecule has 0 aliphatic rings. The maximum absolute atomic E-state index is 12.1. The molecular weight excluding hydrogens is 258 g/mol. The van der Waals surface area contributed by atoms with Gasteiger partial charge < -0.3 is 15.2 Å². The smallest absolute Gasteiger partial charge is 0.255 e. The van der Waals surface area contributed by atoms with E-state index in [-0.39, 0.29) is 17.1 Å². The predicted octanol–water partition coefficient (Wildman–Crippen LogP) is 2.47. The Balaban J connectivity index is 2.24. The number of hydrogen-bond donors (Lipinski definition) is 2. The summed E-state index contributed by atoms with van der Waals surface area (Å²) in [6, 6.07) is 11.0. The third kappa shape index (κ3) is 2.77. The summed E-state index contributed by atoms with van der Waals surface area (Å²) in [4.78, 5) is 22.9. The fraction of sp³-hybridized carbons (Fsp3) is 0.0667. The number of rotatable bonds is 4. The first-order valence-corrected chi connectivity index (χ1v) is 5.88. The number of para-hydroxylation sites is 1. The number of carbonyl (C=O) groups excluding carboxylic acids is 2. The zero-order valence-corrected chi connectivity index (χ0v) is 10.8. The van der Waals surface area contributed by atoms with Crippen LogP contribution in [0.5, 0.6) is 11.5 Å². The van der Waals surface area contributed by atoms with Crippen molar-refractivity contribution in [3.05, 3.63) is 53.6 Å². The van der Waals surface area contributed by atoms with Crippen molar-refractivity contribution in [3.8, 4) is 11.5 Å². The summed E-state index contributed by atoms with van der Waals surface area (Å²) < 4.78 is 4.91. The molecule has 5 heteroatoms. The van der Waals surface area contributed by atoms with Gasteiger partial charge in [0.15, 0.2) is 17.8 Å². The molecule has 0 aromatic heterocycles. The number of phenols is 1. The lowest BCUT2D eigenvalue weighted by Gasteiger charge is -2.09. The Bertz CT molecular complexity index is 652. The molecule has 0 radical (unpaired) electrons. The number of methoxy groups -OCH3 is 1. The summed E-state index contributed by atoms with van der Waals surface area (Å²) in [5.41, 5.74) is 1.07. The number of benzene rings is 2. The van der Waals surface area contributed by atoms with Crippen LogP contribution in [0.25, 0.3) is 0 Å². The SMILES string of the molecule is COc1ccc(C(=O)Nc2ccccc2C=O)cc1O. The second kappa shape index (κ2) is 5.88. The summed E-state index contributed by atoms with van der Waals surface area (Å²) in [6.07, 6.45) is 0.668. The van der Waals surface area contributed by atoms with E-state index in [1.165, 1.54) is 25.3 Å². The third-order valence-corrected chi connectivity index (χ3v) is 2.78. The molecule has 0 aliphatic heterocycles. The molecule has 2 rings (SSSR count). The quantitative estimate of drug-likeness (QED) is 0.837. The summed E-state index contributed by atoms with van der Waals surface area (Å²) in [7, 11) is 1.43. The van der Waals surface area contributed by atoms with Crippen molar-refractivity contribution in [1.29, 1.82) is 0 Å². The fourth-order valence-electron chi connectivity index (χ4n) is 1.74. The highest BCUT2D eigenvalue weighted by molar-refractivity contribution is 6.06. The molecule has 2 aromatic rings. The molecule has 102 valence electrons. The molecule has 0 saturated heterocycles. The number of hydrogen-bond acceptors (Lipinski definition) is 4. The minimum atomic E-state index is -0.419. The maximum Gasteiger partial charge on any atom is 0.255 e. The Morgan fingerprint density at radius 3 is 2.65 bits per heavy atom. The first kappa shape index (κ1) is 13.6. The highest BCUT2D eigenvalue weighted by Gasteiger charge is 2.11. The second-order valence-corrected chi connectivity index (χ2v) is 4.05. The topological polar surface area (TPSA) is 75.6 Å². The first-order chi connectivity index (χ1) is 9.65. The van der Waals surface area contributed by atoms with Crippen molar-refractivity contribution >= 4 is 17.9 Å². The van der Waals surface area contributed by atoms with E-state index >= 15 is 0 Å². The number of aromatic hydroxyl groups is 1. The van der Waals surface area contributed by atoms with Gasteiger partial charge in [0.25, 0.3) is 5.91 Å². The van der Waals surface area contributed by atoms with Gasteiger partial charge in [-0.15, -0.1) is 0 Å². The highest BCUT2D eigenvalue weighted by atomic mass is 16.5. The molecule has 5 nitrogen and oxygen atoms in total. The number of anilines is 1. The Kier molecular flexibility index (Phi) is 4.00. The molecule has 0 saturated carbocycles. The monoisotopic (exact) mass is 271 g/mol. The third-order valence-electron chi connectivity index (χ3n) is 2.78. The number of amides is 1. The molecule has 20 heavy (non-hydrogen) atoms. The van der Waals surface area contributed by atoms with Crippen LogP contribution in [0.4, 0.5) is 5.69 Å². The van der Waals surface area contributed by atoms with Gasteiger partial charge in [0.2, 0.25) is 0 Å². The standard InChI is InChI=1S/C15H13NO4/c1-20-14-7-6-10(8-13(14)18)15(19)16-12-5-3-2-4-11(12)9-17/h2-9,18H,1H3,(H,16,19). The van der Waals surface area contributed by atoms with Gasteiger partial charge in [0.05, 0.1) is 12.8 Å². The van der Waals surface area contributed by atoms with Gasteiger partial charge in [0, 0.05) is 11.1 Å². The average Bonchev–Trinajstić information content (AvgIpc) is 2.47. The second-order valence-electron chi connectivity index (χ2n) is 4.05. The van der Waals surface area contributed by atoms with Gasteiger partial charge in [-0.1, -0.05) is 12.1 Å². The lowest BCUT2D eigenvalue weighted by molar-refractivity contribution is 0.102. The van der Waals surface area contributed by atoms with E-state index in [1.807, 2.05) is 0 Å². The van der Waals surface area contributed by atoms with Crippen LogP contribution >= 0.6 is 0 Å². The Hall–Kier alpha value is -2.82. The number of carbonyl (C=O) groups is 2. The molecular formula is C15H13NO4.